The van der Waals surface area contributed by atoms with Crippen LogP contribution in [-0.2, 0) is 28.7 Å². The van der Waals surface area contributed by atoms with Crippen LogP contribution < -0.4 is 0 Å². The first-order valence-corrected chi connectivity index (χ1v) is 16.8. The van der Waals surface area contributed by atoms with E-state index in [1.165, 1.54) is 0 Å². The second-order valence-corrected chi connectivity index (χ2v) is 12.8. The van der Waals surface area contributed by atoms with Gasteiger partial charge in [0.15, 0.2) is 0 Å². The number of likely N-dealkylation sites (tertiary alicyclic amines) is 1. The molecule has 46 heavy (non-hydrogen) atoms. The number of aliphatic hydroxyl groups is 1. The Balaban J connectivity index is 1.66. The number of carbonyl (C=O) groups excluding carboxylic acids is 4. The highest BCUT2D eigenvalue weighted by molar-refractivity contribution is 5.98. The van der Waals surface area contributed by atoms with Crippen molar-refractivity contribution in [1.29, 1.82) is 0 Å². The summed E-state index contributed by atoms with van der Waals surface area (Å²) < 4.78 is 12.9. The molecule has 7 atom stereocenters. The highest BCUT2D eigenvalue weighted by Gasteiger charge is 2.75. The van der Waals surface area contributed by atoms with Crippen LogP contribution in [0, 0.1) is 11.8 Å². The van der Waals surface area contributed by atoms with Gasteiger partial charge in [-0.2, -0.15) is 0 Å². The molecule has 3 saturated heterocycles. The Hall–Kier alpha value is -3.50. The van der Waals surface area contributed by atoms with Crippen LogP contribution in [0.15, 0.2) is 55.6 Å². The van der Waals surface area contributed by atoms with Crippen LogP contribution in [-0.4, -0.2) is 101 Å². The number of hydrogen-bond acceptors (Lipinski definition) is 7. The van der Waals surface area contributed by atoms with Crippen LogP contribution in [0.25, 0.3) is 0 Å². The zero-order valence-corrected chi connectivity index (χ0v) is 27.6. The predicted molar refractivity (Wildman–Crippen MR) is 174 cm³/mol. The van der Waals surface area contributed by atoms with E-state index in [0.29, 0.717) is 51.6 Å². The predicted octanol–water partition coefficient (Wildman–Crippen LogP) is 4.05. The molecular formula is C36H51N3O7. The summed E-state index contributed by atoms with van der Waals surface area (Å²) >= 11 is 0. The average Bonchev–Trinajstić information content (AvgIpc) is 3.71. The van der Waals surface area contributed by atoms with Gasteiger partial charge in [-0.15, -0.1) is 13.2 Å². The van der Waals surface area contributed by atoms with Gasteiger partial charge in [-0.25, -0.2) is 0 Å². The minimum absolute atomic E-state index is 0.0224. The maximum atomic E-state index is 14.3. The van der Waals surface area contributed by atoms with E-state index >= 15 is 0 Å². The van der Waals surface area contributed by atoms with E-state index in [4.69, 9.17) is 9.47 Å². The maximum absolute atomic E-state index is 14.3. The lowest BCUT2D eigenvalue weighted by Crippen LogP contribution is -2.56. The lowest BCUT2D eigenvalue weighted by Gasteiger charge is -2.37. The SMILES string of the molecule is C=CCCC(=O)N(C)[C@H](C)[C@H](OC(=O)[C@@H]1[C@H]2C(=O)N(CCCCO)[C@H](C(=O)N(CC=C)CCCC)[C@]23CC[C@H]1O3)c1ccccc1. The highest BCUT2D eigenvalue weighted by Crippen LogP contribution is 2.59. The summed E-state index contributed by atoms with van der Waals surface area (Å²) in [5.74, 6) is -2.88. The molecule has 4 rings (SSSR count). The van der Waals surface area contributed by atoms with E-state index in [9.17, 15) is 24.3 Å². The lowest BCUT2D eigenvalue weighted by molar-refractivity contribution is -0.164. The molecule has 0 radical (unpaired) electrons. The van der Waals surface area contributed by atoms with Crippen molar-refractivity contribution >= 4 is 23.7 Å². The number of nitrogens with zero attached hydrogens (tertiary/aromatic N) is 3. The zero-order chi connectivity index (χ0) is 33.4. The standard InChI is InChI=1S/C36H51N3O7/c1-6-9-18-28(41)37(5)25(4)31(26-16-12-11-13-17-26)45-35(44)29-27-19-20-36(46-27)30(29)33(42)39(23-14-15-24-40)32(36)34(43)38(21-8-3)22-10-7-2/h6,8,11-13,16-17,25,27,29-32,40H,1,3,7,9-10,14-15,18-24H2,2,4-5H3/t25-,27-,29+,30+,31+,32-,36+/m1/s1. The van der Waals surface area contributed by atoms with Crippen LogP contribution in [0.2, 0.25) is 0 Å². The van der Waals surface area contributed by atoms with Gasteiger partial charge in [0.05, 0.1) is 24.0 Å². The molecule has 252 valence electrons. The summed E-state index contributed by atoms with van der Waals surface area (Å²) in [5, 5.41) is 9.45. The molecule has 1 aromatic carbocycles. The summed E-state index contributed by atoms with van der Waals surface area (Å²) in [6, 6.07) is 7.93. The fraction of sp³-hybridized carbons (Fsp3) is 0.611. The number of allylic oxidation sites excluding steroid dienone is 1. The summed E-state index contributed by atoms with van der Waals surface area (Å²) in [7, 11) is 1.70. The molecule has 3 amide bonds. The second kappa shape index (κ2) is 15.9. The number of esters is 1. The molecule has 1 N–H and O–H groups in total. The molecule has 0 aromatic heterocycles. The quantitative estimate of drug-likeness (QED) is 0.147. The lowest BCUT2D eigenvalue weighted by atomic mass is 9.70. The Bertz CT molecular complexity index is 1260. The number of carbonyl (C=O) groups is 4. The second-order valence-electron chi connectivity index (χ2n) is 12.8. The van der Waals surface area contributed by atoms with E-state index < -0.39 is 47.7 Å². The smallest absolute Gasteiger partial charge is 0.313 e. The van der Waals surface area contributed by atoms with E-state index in [0.717, 1.165) is 18.4 Å². The van der Waals surface area contributed by atoms with Crippen molar-refractivity contribution < 1.29 is 33.8 Å². The fourth-order valence-corrected chi connectivity index (χ4v) is 7.43. The van der Waals surface area contributed by atoms with Gasteiger partial charge in [-0.05, 0) is 51.0 Å². The number of ether oxygens (including phenoxy) is 2. The van der Waals surface area contributed by atoms with E-state index in [2.05, 4.69) is 20.1 Å². The maximum Gasteiger partial charge on any atom is 0.313 e. The molecule has 10 heteroatoms. The minimum Gasteiger partial charge on any atom is -0.455 e. The van der Waals surface area contributed by atoms with Gasteiger partial charge in [-0.3, -0.25) is 19.2 Å². The molecule has 1 spiro atoms. The molecule has 3 aliphatic rings. The third-order valence-electron chi connectivity index (χ3n) is 9.93. The Morgan fingerprint density at radius 2 is 1.91 bits per heavy atom. The minimum atomic E-state index is -1.14. The van der Waals surface area contributed by atoms with Crippen molar-refractivity contribution in [1.82, 2.24) is 14.7 Å². The van der Waals surface area contributed by atoms with Crippen LogP contribution in [0.3, 0.4) is 0 Å². The van der Waals surface area contributed by atoms with Gasteiger partial charge in [0.2, 0.25) is 17.7 Å². The molecule has 3 heterocycles. The molecule has 0 aliphatic carbocycles. The number of unbranched alkanes of at least 4 members (excludes halogenated alkanes) is 2. The number of fused-ring (bicyclic) bond motifs is 1. The van der Waals surface area contributed by atoms with Crippen LogP contribution in [0.1, 0.15) is 76.9 Å². The summed E-state index contributed by atoms with van der Waals surface area (Å²) in [6.45, 7) is 12.6. The molecule has 0 unspecified atom stereocenters. The van der Waals surface area contributed by atoms with Gasteiger partial charge < -0.3 is 29.3 Å². The van der Waals surface area contributed by atoms with Crippen molar-refractivity contribution in [3.63, 3.8) is 0 Å². The Labute approximate surface area is 273 Å². The van der Waals surface area contributed by atoms with Crippen molar-refractivity contribution in [2.75, 3.05) is 33.3 Å². The number of benzene rings is 1. The topological polar surface area (TPSA) is 117 Å². The van der Waals surface area contributed by atoms with Crippen molar-refractivity contribution in [2.45, 2.75) is 95.1 Å². The largest absolute Gasteiger partial charge is 0.455 e. The molecule has 10 nitrogen and oxygen atoms in total. The van der Waals surface area contributed by atoms with Crippen LogP contribution in [0.4, 0.5) is 0 Å². The first kappa shape index (κ1) is 35.4. The number of amides is 3. The van der Waals surface area contributed by atoms with E-state index in [1.54, 1.807) is 33.9 Å². The van der Waals surface area contributed by atoms with Gasteiger partial charge in [-0.1, -0.05) is 55.8 Å². The number of aliphatic hydroxyl groups excluding tert-OH is 1. The Morgan fingerprint density at radius 3 is 2.57 bits per heavy atom. The molecule has 0 saturated carbocycles. The van der Waals surface area contributed by atoms with Gasteiger partial charge in [0.25, 0.3) is 0 Å². The van der Waals surface area contributed by atoms with Gasteiger partial charge >= 0.3 is 5.97 Å². The van der Waals surface area contributed by atoms with E-state index in [-0.39, 0.29) is 30.9 Å². The van der Waals surface area contributed by atoms with Crippen molar-refractivity contribution in [3.05, 3.63) is 61.2 Å². The first-order chi connectivity index (χ1) is 22.2. The van der Waals surface area contributed by atoms with Crippen molar-refractivity contribution in [3.8, 4) is 0 Å². The molecule has 3 aliphatic heterocycles. The Kier molecular flexibility index (Phi) is 12.2. The summed E-state index contributed by atoms with van der Waals surface area (Å²) in [5.41, 5.74) is -0.406. The first-order valence-electron chi connectivity index (χ1n) is 16.8. The number of hydrogen-bond donors (Lipinski definition) is 1. The average molecular weight is 638 g/mol. The molecule has 2 bridgehead atoms. The number of likely N-dealkylation sites (N-methyl/N-ethyl adjacent to an activating group) is 1. The third-order valence-corrected chi connectivity index (χ3v) is 9.93. The highest BCUT2D eigenvalue weighted by atomic mass is 16.6. The summed E-state index contributed by atoms with van der Waals surface area (Å²) in [6.07, 6.45) is 6.60. The van der Waals surface area contributed by atoms with Gasteiger partial charge in [0, 0.05) is 39.7 Å². The Morgan fingerprint density at radius 1 is 1.17 bits per heavy atom. The van der Waals surface area contributed by atoms with Gasteiger partial charge in [0.1, 0.15) is 17.7 Å². The molecule has 1 aromatic rings. The van der Waals surface area contributed by atoms with Crippen molar-refractivity contribution in [2.24, 2.45) is 11.8 Å². The molecular weight excluding hydrogens is 586 g/mol. The summed E-state index contributed by atoms with van der Waals surface area (Å²) in [4.78, 5) is 60.7. The monoisotopic (exact) mass is 637 g/mol. The zero-order valence-electron chi connectivity index (χ0n) is 27.6. The van der Waals surface area contributed by atoms with E-state index in [1.807, 2.05) is 37.3 Å². The number of rotatable bonds is 18. The molecule has 3 fully saturated rings. The van der Waals surface area contributed by atoms with Crippen LogP contribution >= 0.6 is 0 Å². The third kappa shape index (κ3) is 6.93. The normalized spacial score (nSPS) is 25.9. The van der Waals surface area contributed by atoms with Crippen LogP contribution in [0.5, 0.6) is 0 Å². The fourth-order valence-electron chi connectivity index (χ4n) is 7.43.